The lowest BCUT2D eigenvalue weighted by atomic mass is 10.2. The van der Waals surface area contributed by atoms with Crippen LogP contribution < -0.4 is 0 Å². The van der Waals surface area contributed by atoms with E-state index in [0.717, 1.165) is 11.8 Å². The maximum absolute atomic E-state index is 9.10. The highest BCUT2D eigenvalue weighted by molar-refractivity contribution is 5.26. The fraction of sp³-hybridized carbons (Fsp3) is 0.200. The summed E-state index contributed by atoms with van der Waals surface area (Å²) in [5.41, 5.74) is 1.69. The Morgan fingerprint density at radius 3 is 2.56 bits per heavy atom. The van der Waals surface area contributed by atoms with Gasteiger partial charge < -0.3 is 14.9 Å². The van der Waals surface area contributed by atoms with Crippen molar-refractivity contribution in [2.75, 3.05) is 6.61 Å². The second-order valence-electron chi connectivity index (χ2n) is 3.68. The molecule has 3 nitrogen and oxygen atoms in total. The van der Waals surface area contributed by atoms with Gasteiger partial charge in [-0.25, -0.2) is 0 Å². The molecule has 1 aromatic carbocycles. The summed E-state index contributed by atoms with van der Waals surface area (Å²) in [6.07, 6.45) is 6.06. The topological polar surface area (TPSA) is 49.7 Å². The number of benzene rings is 1. The standard InChI is InChI=1S/C15H18O3/c1-2-6-14(10-16)9-15(11-17)18-12-13-7-4-3-5-8-13/h2-9,11,16-17H,10,12H2,1H3/b6-2-,14-9+,15-11-. The van der Waals surface area contributed by atoms with Crippen molar-refractivity contribution in [3.63, 3.8) is 0 Å². The lowest BCUT2D eigenvalue weighted by Crippen LogP contribution is -1.94. The van der Waals surface area contributed by atoms with Gasteiger partial charge in [0.25, 0.3) is 0 Å². The van der Waals surface area contributed by atoms with Crippen LogP contribution in [-0.2, 0) is 11.3 Å². The molecule has 0 radical (unpaired) electrons. The molecule has 0 unspecified atom stereocenters. The molecule has 0 saturated carbocycles. The van der Waals surface area contributed by atoms with Crippen molar-refractivity contribution in [3.05, 3.63) is 71.7 Å². The second kappa shape index (κ2) is 8.14. The normalized spacial score (nSPS) is 13.0. The summed E-state index contributed by atoms with van der Waals surface area (Å²) in [7, 11) is 0. The van der Waals surface area contributed by atoms with Crippen LogP contribution in [0.2, 0.25) is 0 Å². The van der Waals surface area contributed by atoms with E-state index in [9.17, 15) is 0 Å². The minimum atomic E-state index is -0.101. The predicted molar refractivity (Wildman–Crippen MR) is 71.9 cm³/mol. The van der Waals surface area contributed by atoms with Crippen LogP contribution in [0.3, 0.4) is 0 Å². The SMILES string of the molecule is C\C=C/C(=C\C(=C\O)OCc1ccccc1)CO. The fourth-order valence-electron chi connectivity index (χ4n) is 1.40. The van der Waals surface area contributed by atoms with E-state index in [1.165, 1.54) is 0 Å². The lowest BCUT2D eigenvalue weighted by molar-refractivity contribution is 0.199. The summed E-state index contributed by atoms with van der Waals surface area (Å²) in [4.78, 5) is 0. The lowest BCUT2D eigenvalue weighted by Gasteiger charge is -2.07. The van der Waals surface area contributed by atoms with Gasteiger partial charge >= 0.3 is 0 Å². The zero-order valence-corrected chi connectivity index (χ0v) is 10.4. The number of rotatable bonds is 6. The molecule has 1 rings (SSSR count). The first-order valence-corrected chi connectivity index (χ1v) is 5.75. The van der Waals surface area contributed by atoms with Gasteiger partial charge in [-0.15, -0.1) is 0 Å². The molecule has 0 aromatic heterocycles. The Hall–Kier alpha value is -2.00. The summed E-state index contributed by atoms with van der Waals surface area (Å²) in [5, 5.41) is 18.2. The average molecular weight is 246 g/mol. The van der Waals surface area contributed by atoms with Crippen LogP contribution in [0.1, 0.15) is 12.5 Å². The first-order valence-electron chi connectivity index (χ1n) is 5.75. The largest absolute Gasteiger partial charge is 0.512 e. The monoisotopic (exact) mass is 246 g/mol. The van der Waals surface area contributed by atoms with Crippen LogP contribution >= 0.6 is 0 Å². The molecule has 0 aliphatic heterocycles. The quantitative estimate of drug-likeness (QED) is 0.599. The molecule has 0 bridgehead atoms. The van der Waals surface area contributed by atoms with E-state index in [-0.39, 0.29) is 6.61 Å². The Kier molecular flexibility index (Phi) is 6.36. The Bertz CT molecular complexity index is 430. The summed E-state index contributed by atoms with van der Waals surface area (Å²) < 4.78 is 5.45. The molecule has 0 spiro atoms. The van der Waals surface area contributed by atoms with Crippen molar-refractivity contribution in [2.24, 2.45) is 0 Å². The molecule has 1 aromatic rings. The zero-order chi connectivity index (χ0) is 13.2. The highest BCUT2D eigenvalue weighted by Crippen LogP contribution is 2.09. The number of aliphatic hydroxyl groups is 2. The summed E-state index contributed by atoms with van der Waals surface area (Å²) in [6.45, 7) is 2.13. The summed E-state index contributed by atoms with van der Waals surface area (Å²) in [5.74, 6) is 0.320. The van der Waals surface area contributed by atoms with E-state index in [1.54, 1.807) is 12.2 Å². The minimum Gasteiger partial charge on any atom is -0.512 e. The Morgan fingerprint density at radius 1 is 1.28 bits per heavy atom. The Labute approximate surface area is 107 Å². The van der Waals surface area contributed by atoms with E-state index in [4.69, 9.17) is 14.9 Å². The van der Waals surface area contributed by atoms with Gasteiger partial charge in [-0.2, -0.15) is 0 Å². The first kappa shape index (κ1) is 14.1. The number of hydrogen-bond acceptors (Lipinski definition) is 3. The maximum Gasteiger partial charge on any atom is 0.154 e. The van der Waals surface area contributed by atoms with E-state index >= 15 is 0 Å². The molecule has 0 atom stereocenters. The van der Waals surface area contributed by atoms with Gasteiger partial charge in [0.2, 0.25) is 0 Å². The highest BCUT2D eigenvalue weighted by atomic mass is 16.5. The number of aliphatic hydroxyl groups excluding tert-OH is 2. The molecule has 0 saturated heterocycles. The fourth-order valence-corrected chi connectivity index (χ4v) is 1.40. The molecule has 96 valence electrons. The molecule has 0 aliphatic rings. The smallest absolute Gasteiger partial charge is 0.154 e. The third-order valence-corrected chi connectivity index (χ3v) is 2.27. The highest BCUT2D eigenvalue weighted by Gasteiger charge is 1.98. The second-order valence-corrected chi connectivity index (χ2v) is 3.68. The van der Waals surface area contributed by atoms with Crippen molar-refractivity contribution in [2.45, 2.75) is 13.5 Å². The van der Waals surface area contributed by atoms with Crippen molar-refractivity contribution in [1.29, 1.82) is 0 Å². The number of ether oxygens (including phenoxy) is 1. The minimum absolute atomic E-state index is 0.101. The number of hydrogen-bond donors (Lipinski definition) is 2. The van der Waals surface area contributed by atoms with Crippen LogP contribution in [0.25, 0.3) is 0 Å². The van der Waals surface area contributed by atoms with Crippen LogP contribution in [0.4, 0.5) is 0 Å². The van der Waals surface area contributed by atoms with Crippen molar-refractivity contribution >= 4 is 0 Å². The van der Waals surface area contributed by atoms with Crippen LogP contribution in [0, 0.1) is 0 Å². The Morgan fingerprint density at radius 2 is 2.00 bits per heavy atom. The van der Waals surface area contributed by atoms with Gasteiger partial charge in [0.05, 0.1) is 6.61 Å². The molecule has 0 amide bonds. The van der Waals surface area contributed by atoms with Gasteiger partial charge in [-0.05, 0) is 24.1 Å². The molecule has 2 N–H and O–H groups in total. The summed E-state index contributed by atoms with van der Waals surface area (Å²) in [6, 6.07) is 9.67. The third kappa shape index (κ3) is 4.89. The van der Waals surface area contributed by atoms with Crippen molar-refractivity contribution in [3.8, 4) is 0 Å². The molecule has 0 heterocycles. The molecule has 0 fully saturated rings. The van der Waals surface area contributed by atoms with Gasteiger partial charge in [-0.1, -0.05) is 42.5 Å². The maximum atomic E-state index is 9.10. The van der Waals surface area contributed by atoms with Crippen LogP contribution in [-0.4, -0.2) is 16.8 Å². The predicted octanol–water partition coefficient (Wildman–Crippen LogP) is 3.10. The van der Waals surface area contributed by atoms with Crippen LogP contribution in [0.15, 0.2) is 66.2 Å². The van der Waals surface area contributed by atoms with Crippen LogP contribution in [0.5, 0.6) is 0 Å². The number of allylic oxidation sites excluding steroid dienone is 2. The molecular weight excluding hydrogens is 228 g/mol. The van der Waals surface area contributed by atoms with Gasteiger partial charge in [0.15, 0.2) is 5.76 Å². The van der Waals surface area contributed by atoms with E-state index in [2.05, 4.69) is 0 Å². The molecule has 0 aliphatic carbocycles. The van der Waals surface area contributed by atoms with E-state index in [1.807, 2.05) is 43.3 Å². The zero-order valence-electron chi connectivity index (χ0n) is 10.4. The van der Waals surface area contributed by atoms with Gasteiger partial charge in [-0.3, -0.25) is 0 Å². The molecule has 3 heteroatoms. The Balaban J connectivity index is 2.63. The van der Waals surface area contributed by atoms with Gasteiger partial charge in [0, 0.05) is 0 Å². The van der Waals surface area contributed by atoms with E-state index in [0.29, 0.717) is 17.9 Å². The average Bonchev–Trinajstić information content (AvgIpc) is 2.43. The molecule has 18 heavy (non-hydrogen) atoms. The third-order valence-electron chi connectivity index (χ3n) is 2.27. The van der Waals surface area contributed by atoms with Gasteiger partial charge in [0.1, 0.15) is 12.9 Å². The summed E-state index contributed by atoms with van der Waals surface area (Å²) >= 11 is 0. The van der Waals surface area contributed by atoms with Crippen molar-refractivity contribution < 1.29 is 14.9 Å². The molecular formula is C15H18O3. The first-order chi connectivity index (χ1) is 8.80. The van der Waals surface area contributed by atoms with E-state index < -0.39 is 0 Å². The van der Waals surface area contributed by atoms with Crippen molar-refractivity contribution in [1.82, 2.24) is 0 Å².